The van der Waals surface area contributed by atoms with Crippen LogP contribution in [0.25, 0.3) is 0 Å². The lowest BCUT2D eigenvalue weighted by Crippen LogP contribution is -2.35. The molecular formula is C12H17N3O3. The third kappa shape index (κ3) is 2.95. The average Bonchev–Trinajstić information content (AvgIpc) is 2.39. The summed E-state index contributed by atoms with van der Waals surface area (Å²) in [6.07, 6.45) is 4.59. The molecule has 2 rings (SSSR count). The monoisotopic (exact) mass is 251 g/mol. The fourth-order valence-corrected chi connectivity index (χ4v) is 2.39. The molecule has 6 heteroatoms. The topological polar surface area (TPSA) is 79.5 Å². The van der Waals surface area contributed by atoms with Gasteiger partial charge in [0.2, 0.25) is 0 Å². The third-order valence-electron chi connectivity index (χ3n) is 3.34. The molecule has 0 spiro atoms. The Labute approximate surface area is 105 Å². The highest BCUT2D eigenvalue weighted by Crippen LogP contribution is 2.25. The summed E-state index contributed by atoms with van der Waals surface area (Å²) in [5, 5.41) is 19.5. The molecule has 1 aliphatic heterocycles. The first-order valence-corrected chi connectivity index (χ1v) is 6.17. The van der Waals surface area contributed by atoms with Crippen LogP contribution < -0.4 is 4.90 Å². The number of aliphatic hydroxyl groups is 1. The number of nitro groups is 1. The Morgan fingerprint density at radius 3 is 3.00 bits per heavy atom. The van der Waals surface area contributed by atoms with E-state index < -0.39 is 4.92 Å². The molecule has 0 aliphatic carbocycles. The van der Waals surface area contributed by atoms with E-state index in [1.54, 1.807) is 12.3 Å². The van der Waals surface area contributed by atoms with Crippen LogP contribution in [0.15, 0.2) is 18.3 Å². The number of nitrogens with zero attached hydrogens (tertiary/aromatic N) is 3. The molecule has 98 valence electrons. The van der Waals surface area contributed by atoms with Crippen LogP contribution in [0.1, 0.15) is 19.3 Å². The quantitative estimate of drug-likeness (QED) is 0.649. The summed E-state index contributed by atoms with van der Waals surface area (Å²) in [6.45, 7) is 2.05. The molecule has 0 saturated carbocycles. The Morgan fingerprint density at radius 1 is 1.56 bits per heavy atom. The second-order valence-electron chi connectivity index (χ2n) is 4.60. The summed E-state index contributed by atoms with van der Waals surface area (Å²) in [5.41, 5.74) is 0.920. The van der Waals surface area contributed by atoms with Gasteiger partial charge in [0.1, 0.15) is 0 Å². The van der Waals surface area contributed by atoms with Crippen molar-refractivity contribution in [2.45, 2.75) is 19.3 Å². The smallest absolute Gasteiger partial charge is 0.363 e. The standard InChI is InChI=1S/C12H17N3O3/c16-7-5-10-2-1-6-14(9-10)11-3-4-12(13-8-11)15(17)18/h3-4,8,10,16H,1-2,5-7,9H2. The highest BCUT2D eigenvalue weighted by molar-refractivity contribution is 5.46. The molecule has 1 aromatic heterocycles. The van der Waals surface area contributed by atoms with Crippen molar-refractivity contribution in [1.29, 1.82) is 0 Å². The van der Waals surface area contributed by atoms with E-state index in [1.807, 2.05) is 0 Å². The Balaban J connectivity index is 2.04. The fourth-order valence-electron chi connectivity index (χ4n) is 2.39. The molecule has 0 radical (unpaired) electrons. The predicted octanol–water partition coefficient (Wildman–Crippen LogP) is 1.59. The van der Waals surface area contributed by atoms with Crippen molar-refractivity contribution in [2.75, 3.05) is 24.6 Å². The fraction of sp³-hybridized carbons (Fsp3) is 0.583. The summed E-state index contributed by atoms with van der Waals surface area (Å²) in [5.74, 6) is 0.376. The number of pyridine rings is 1. The number of piperidine rings is 1. The van der Waals surface area contributed by atoms with Gasteiger partial charge in [-0.05, 0) is 41.2 Å². The van der Waals surface area contributed by atoms with Gasteiger partial charge in [-0.2, -0.15) is 0 Å². The van der Waals surface area contributed by atoms with Crippen LogP contribution in [0.3, 0.4) is 0 Å². The van der Waals surface area contributed by atoms with Gasteiger partial charge in [0.25, 0.3) is 0 Å². The zero-order valence-corrected chi connectivity index (χ0v) is 10.2. The van der Waals surface area contributed by atoms with Crippen LogP contribution in [0.5, 0.6) is 0 Å². The first kappa shape index (κ1) is 12.8. The normalized spacial score (nSPS) is 19.8. The summed E-state index contributed by atoms with van der Waals surface area (Å²) >= 11 is 0. The molecule has 18 heavy (non-hydrogen) atoms. The largest absolute Gasteiger partial charge is 0.396 e. The molecule has 0 aromatic carbocycles. The van der Waals surface area contributed by atoms with Crippen LogP contribution in [-0.2, 0) is 0 Å². The minimum absolute atomic E-state index is 0.123. The molecule has 0 amide bonds. The summed E-state index contributed by atoms with van der Waals surface area (Å²) in [7, 11) is 0. The minimum atomic E-state index is -0.492. The van der Waals surface area contributed by atoms with E-state index in [9.17, 15) is 10.1 Å². The molecule has 2 heterocycles. The second-order valence-corrected chi connectivity index (χ2v) is 4.60. The zero-order valence-electron chi connectivity index (χ0n) is 10.2. The highest BCUT2D eigenvalue weighted by atomic mass is 16.6. The van der Waals surface area contributed by atoms with Gasteiger partial charge in [0.15, 0.2) is 6.20 Å². The number of rotatable bonds is 4. The molecular weight excluding hydrogens is 234 g/mol. The predicted molar refractivity (Wildman–Crippen MR) is 67.5 cm³/mol. The molecule has 1 fully saturated rings. The Hall–Kier alpha value is -1.69. The molecule has 1 aromatic rings. The summed E-state index contributed by atoms with van der Waals surface area (Å²) < 4.78 is 0. The minimum Gasteiger partial charge on any atom is -0.396 e. The summed E-state index contributed by atoms with van der Waals surface area (Å²) in [4.78, 5) is 16.1. The lowest BCUT2D eigenvalue weighted by Gasteiger charge is -2.33. The Kier molecular flexibility index (Phi) is 4.09. The van der Waals surface area contributed by atoms with E-state index >= 15 is 0 Å². The summed E-state index contributed by atoms with van der Waals surface area (Å²) in [6, 6.07) is 3.18. The molecule has 1 saturated heterocycles. The van der Waals surface area contributed by atoms with Crippen LogP contribution in [0, 0.1) is 16.0 Å². The number of anilines is 1. The number of hydrogen-bond acceptors (Lipinski definition) is 5. The maximum absolute atomic E-state index is 10.5. The van der Waals surface area contributed by atoms with Gasteiger partial charge in [-0.3, -0.25) is 0 Å². The van der Waals surface area contributed by atoms with Gasteiger partial charge < -0.3 is 20.1 Å². The van der Waals surface area contributed by atoms with Crippen molar-refractivity contribution in [3.05, 3.63) is 28.4 Å². The van der Waals surface area contributed by atoms with Crippen molar-refractivity contribution in [3.63, 3.8) is 0 Å². The van der Waals surface area contributed by atoms with E-state index in [-0.39, 0.29) is 12.4 Å². The van der Waals surface area contributed by atoms with Crippen molar-refractivity contribution in [2.24, 2.45) is 5.92 Å². The lowest BCUT2D eigenvalue weighted by molar-refractivity contribution is -0.389. The van der Waals surface area contributed by atoms with Gasteiger partial charge >= 0.3 is 5.82 Å². The van der Waals surface area contributed by atoms with E-state index in [1.165, 1.54) is 6.07 Å². The number of aliphatic hydroxyl groups excluding tert-OH is 1. The van der Waals surface area contributed by atoms with E-state index in [2.05, 4.69) is 9.88 Å². The van der Waals surface area contributed by atoms with Gasteiger partial charge in [0.05, 0.1) is 5.69 Å². The van der Waals surface area contributed by atoms with Crippen molar-refractivity contribution >= 4 is 11.5 Å². The van der Waals surface area contributed by atoms with E-state index in [0.717, 1.165) is 38.0 Å². The van der Waals surface area contributed by atoms with Crippen LogP contribution >= 0.6 is 0 Å². The maximum Gasteiger partial charge on any atom is 0.363 e. The third-order valence-corrected chi connectivity index (χ3v) is 3.34. The molecule has 1 N–H and O–H groups in total. The van der Waals surface area contributed by atoms with Gasteiger partial charge in [-0.25, -0.2) is 0 Å². The average molecular weight is 251 g/mol. The van der Waals surface area contributed by atoms with Gasteiger partial charge in [-0.1, -0.05) is 0 Å². The second kappa shape index (κ2) is 5.77. The van der Waals surface area contributed by atoms with Crippen molar-refractivity contribution in [1.82, 2.24) is 4.98 Å². The van der Waals surface area contributed by atoms with E-state index in [0.29, 0.717) is 5.92 Å². The van der Waals surface area contributed by atoms with E-state index in [4.69, 9.17) is 5.11 Å². The highest BCUT2D eigenvalue weighted by Gasteiger charge is 2.21. The number of hydrogen-bond donors (Lipinski definition) is 1. The first-order chi connectivity index (χ1) is 8.70. The Morgan fingerprint density at radius 2 is 2.39 bits per heavy atom. The molecule has 0 bridgehead atoms. The molecule has 1 aliphatic rings. The molecule has 1 unspecified atom stereocenters. The zero-order chi connectivity index (χ0) is 13.0. The Bertz CT molecular complexity index is 406. The van der Waals surface area contributed by atoms with Crippen LogP contribution in [-0.4, -0.2) is 34.7 Å². The van der Waals surface area contributed by atoms with Gasteiger partial charge in [0, 0.05) is 25.8 Å². The lowest BCUT2D eigenvalue weighted by atomic mass is 9.95. The van der Waals surface area contributed by atoms with Gasteiger partial charge in [-0.15, -0.1) is 0 Å². The van der Waals surface area contributed by atoms with Crippen molar-refractivity contribution in [3.8, 4) is 0 Å². The van der Waals surface area contributed by atoms with Crippen molar-refractivity contribution < 1.29 is 10.0 Å². The molecule has 1 atom stereocenters. The number of aromatic nitrogens is 1. The van der Waals surface area contributed by atoms with Crippen LogP contribution in [0.2, 0.25) is 0 Å². The molecule has 6 nitrogen and oxygen atoms in total. The first-order valence-electron chi connectivity index (χ1n) is 6.17. The maximum atomic E-state index is 10.5. The SMILES string of the molecule is O=[N+]([O-])c1ccc(N2CCCC(CCO)C2)cn1. The van der Waals surface area contributed by atoms with Crippen LogP contribution in [0.4, 0.5) is 11.5 Å².